The van der Waals surface area contributed by atoms with Crippen molar-refractivity contribution >= 4 is 12.1 Å². The molecule has 1 amide bonds. The lowest BCUT2D eigenvalue weighted by atomic mass is 10.2. The van der Waals surface area contributed by atoms with Crippen molar-refractivity contribution in [3.8, 4) is 0 Å². The van der Waals surface area contributed by atoms with E-state index in [1.807, 2.05) is 0 Å². The van der Waals surface area contributed by atoms with Crippen LogP contribution in [0.2, 0.25) is 0 Å². The molecule has 0 saturated heterocycles. The second-order valence-corrected chi connectivity index (χ2v) is 3.23. The Labute approximate surface area is 83.4 Å². The Bertz CT molecular complexity index is 191. The topological polar surface area (TPSA) is 75.6 Å². The van der Waals surface area contributed by atoms with Crippen molar-refractivity contribution in [3.63, 3.8) is 0 Å². The molecule has 5 nitrogen and oxygen atoms in total. The van der Waals surface area contributed by atoms with E-state index in [4.69, 9.17) is 9.84 Å². The number of ether oxygens (including phenoxy) is 1. The Kier molecular flexibility index (Phi) is 6.53. The molecule has 0 saturated carbocycles. The van der Waals surface area contributed by atoms with E-state index >= 15 is 0 Å². The van der Waals surface area contributed by atoms with Gasteiger partial charge in [0.25, 0.3) is 0 Å². The average Bonchev–Trinajstić information content (AvgIpc) is 2.01. The van der Waals surface area contributed by atoms with Crippen molar-refractivity contribution in [1.82, 2.24) is 5.32 Å². The van der Waals surface area contributed by atoms with Gasteiger partial charge < -0.3 is 15.2 Å². The first kappa shape index (κ1) is 12.7. The Hall–Kier alpha value is -1.26. The second kappa shape index (κ2) is 7.17. The molecule has 82 valence electrons. The van der Waals surface area contributed by atoms with Gasteiger partial charge in [-0.3, -0.25) is 4.79 Å². The van der Waals surface area contributed by atoms with Crippen LogP contribution in [0.1, 0.15) is 33.1 Å². The third-order valence-corrected chi connectivity index (χ3v) is 1.43. The number of hydrogen-bond acceptors (Lipinski definition) is 3. The van der Waals surface area contributed by atoms with Crippen molar-refractivity contribution in [2.24, 2.45) is 0 Å². The van der Waals surface area contributed by atoms with Crippen LogP contribution in [0.3, 0.4) is 0 Å². The number of aliphatic carboxylic acids is 1. The molecule has 0 spiro atoms. The summed E-state index contributed by atoms with van der Waals surface area (Å²) in [5.41, 5.74) is 0. The fraction of sp³-hybridized carbons (Fsp3) is 0.778. The average molecular weight is 203 g/mol. The molecule has 0 aliphatic heterocycles. The van der Waals surface area contributed by atoms with E-state index in [9.17, 15) is 9.59 Å². The van der Waals surface area contributed by atoms with Crippen molar-refractivity contribution in [1.29, 1.82) is 0 Å². The molecule has 0 aromatic carbocycles. The standard InChI is InChI=1S/C9H17NO4/c1-7(2)14-9(13)10-6-4-3-5-8(11)12/h7H,3-6H2,1-2H3,(H,10,13)(H,11,12). The van der Waals surface area contributed by atoms with Crippen LogP contribution in [0.4, 0.5) is 4.79 Å². The van der Waals surface area contributed by atoms with Gasteiger partial charge in [0.05, 0.1) is 6.10 Å². The van der Waals surface area contributed by atoms with Crippen LogP contribution < -0.4 is 5.32 Å². The number of rotatable bonds is 6. The maximum Gasteiger partial charge on any atom is 0.407 e. The monoisotopic (exact) mass is 203 g/mol. The van der Waals surface area contributed by atoms with E-state index in [0.29, 0.717) is 19.4 Å². The molecule has 0 bridgehead atoms. The smallest absolute Gasteiger partial charge is 0.407 e. The fourth-order valence-corrected chi connectivity index (χ4v) is 0.847. The van der Waals surface area contributed by atoms with Crippen molar-refractivity contribution in [2.75, 3.05) is 6.54 Å². The van der Waals surface area contributed by atoms with Gasteiger partial charge in [0.15, 0.2) is 0 Å². The predicted molar refractivity (Wildman–Crippen MR) is 51.1 cm³/mol. The number of amides is 1. The van der Waals surface area contributed by atoms with Crippen LogP contribution in [0.15, 0.2) is 0 Å². The quantitative estimate of drug-likeness (QED) is 0.639. The van der Waals surface area contributed by atoms with E-state index in [1.54, 1.807) is 13.8 Å². The Morgan fingerprint density at radius 2 is 2.00 bits per heavy atom. The van der Waals surface area contributed by atoms with E-state index in [-0.39, 0.29) is 12.5 Å². The van der Waals surface area contributed by atoms with Gasteiger partial charge in [-0.15, -0.1) is 0 Å². The number of carbonyl (C=O) groups is 2. The highest BCUT2D eigenvalue weighted by atomic mass is 16.6. The highest BCUT2D eigenvalue weighted by Gasteiger charge is 2.03. The summed E-state index contributed by atoms with van der Waals surface area (Å²) in [7, 11) is 0. The summed E-state index contributed by atoms with van der Waals surface area (Å²) in [6, 6.07) is 0. The number of unbranched alkanes of at least 4 members (excludes halogenated alkanes) is 1. The molecule has 0 radical (unpaired) electrons. The number of nitrogens with one attached hydrogen (secondary N) is 1. The maximum atomic E-state index is 10.9. The SMILES string of the molecule is CC(C)OC(=O)NCCCCC(=O)O. The van der Waals surface area contributed by atoms with Gasteiger partial charge in [-0.2, -0.15) is 0 Å². The largest absolute Gasteiger partial charge is 0.481 e. The maximum absolute atomic E-state index is 10.9. The van der Waals surface area contributed by atoms with Crippen molar-refractivity contribution in [2.45, 2.75) is 39.2 Å². The first-order valence-electron chi connectivity index (χ1n) is 4.68. The molecule has 0 heterocycles. The number of alkyl carbamates (subject to hydrolysis) is 1. The van der Waals surface area contributed by atoms with E-state index in [2.05, 4.69) is 5.32 Å². The Balaban J connectivity index is 3.27. The molecule has 0 unspecified atom stereocenters. The fourth-order valence-electron chi connectivity index (χ4n) is 0.847. The lowest BCUT2D eigenvalue weighted by molar-refractivity contribution is -0.137. The normalized spacial score (nSPS) is 9.93. The highest BCUT2D eigenvalue weighted by Crippen LogP contribution is 1.94. The summed E-state index contributed by atoms with van der Waals surface area (Å²) < 4.78 is 4.81. The number of carboxylic acids is 1. The van der Waals surface area contributed by atoms with Crippen molar-refractivity contribution in [3.05, 3.63) is 0 Å². The molecule has 5 heteroatoms. The highest BCUT2D eigenvalue weighted by molar-refractivity contribution is 5.67. The number of carboxylic acid groups (broad SMARTS) is 1. The van der Waals surface area contributed by atoms with Crippen LogP contribution in [-0.2, 0) is 9.53 Å². The van der Waals surface area contributed by atoms with Crippen LogP contribution in [0, 0.1) is 0 Å². The van der Waals surface area contributed by atoms with E-state index < -0.39 is 12.1 Å². The summed E-state index contributed by atoms with van der Waals surface area (Å²) in [5, 5.41) is 10.9. The molecule has 0 aromatic heterocycles. The molecule has 2 N–H and O–H groups in total. The second-order valence-electron chi connectivity index (χ2n) is 3.23. The molecule has 0 fully saturated rings. The predicted octanol–water partition coefficient (Wildman–Crippen LogP) is 1.38. The van der Waals surface area contributed by atoms with Crippen molar-refractivity contribution < 1.29 is 19.4 Å². The molecule has 0 atom stereocenters. The molecule has 0 aliphatic rings. The van der Waals surface area contributed by atoms with E-state index in [1.165, 1.54) is 0 Å². The third kappa shape index (κ3) is 8.83. The lowest BCUT2D eigenvalue weighted by Gasteiger charge is -2.08. The molecular formula is C9H17NO4. The molecule has 0 aliphatic carbocycles. The van der Waals surface area contributed by atoms with Gasteiger partial charge in [-0.1, -0.05) is 0 Å². The van der Waals surface area contributed by atoms with Gasteiger partial charge in [-0.05, 0) is 26.7 Å². The lowest BCUT2D eigenvalue weighted by Crippen LogP contribution is -2.27. The summed E-state index contributed by atoms with van der Waals surface area (Å²) in [4.78, 5) is 21.0. The Morgan fingerprint density at radius 3 is 2.50 bits per heavy atom. The zero-order valence-corrected chi connectivity index (χ0v) is 8.58. The van der Waals surface area contributed by atoms with Crippen LogP contribution in [0.25, 0.3) is 0 Å². The summed E-state index contributed by atoms with van der Waals surface area (Å²) in [6.07, 6.45) is 0.780. The first-order valence-corrected chi connectivity index (χ1v) is 4.68. The first-order chi connectivity index (χ1) is 6.52. The van der Waals surface area contributed by atoms with Gasteiger partial charge in [0, 0.05) is 13.0 Å². The summed E-state index contributed by atoms with van der Waals surface area (Å²) >= 11 is 0. The minimum atomic E-state index is -0.810. The van der Waals surface area contributed by atoms with Gasteiger partial charge in [0.2, 0.25) is 0 Å². The third-order valence-electron chi connectivity index (χ3n) is 1.43. The molecular weight excluding hydrogens is 186 g/mol. The summed E-state index contributed by atoms with van der Waals surface area (Å²) in [5.74, 6) is -0.810. The zero-order chi connectivity index (χ0) is 11.0. The van der Waals surface area contributed by atoms with Gasteiger partial charge >= 0.3 is 12.1 Å². The van der Waals surface area contributed by atoms with Gasteiger partial charge in [0.1, 0.15) is 0 Å². The Morgan fingerprint density at radius 1 is 1.36 bits per heavy atom. The zero-order valence-electron chi connectivity index (χ0n) is 8.58. The van der Waals surface area contributed by atoms with E-state index in [0.717, 1.165) is 0 Å². The molecule has 14 heavy (non-hydrogen) atoms. The molecule has 0 aromatic rings. The van der Waals surface area contributed by atoms with Crippen LogP contribution in [0.5, 0.6) is 0 Å². The summed E-state index contributed by atoms with van der Waals surface area (Å²) in [6.45, 7) is 3.99. The van der Waals surface area contributed by atoms with Gasteiger partial charge in [-0.25, -0.2) is 4.79 Å². The minimum Gasteiger partial charge on any atom is -0.481 e. The minimum absolute atomic E-state index is 0.131. The number of hydrogen-bond donors (Lipinski definition) is 2. The van der Waals surface area contributed by atoms with Crippen LogP contribution >= 0.6 is 0 Å². The number of carbonyl (C=O) groups excluding carboxylic acids is 1. The molecule has 0 rings (SSSR count). The van der Waals surface area contributed by atoms with Crippen LogP contribution in [-0.4, -0.2) is 29.8 Å².